The largest absolute Gasteiger partial charge is 0.386 e. The highest BCUT2D eigenvalue weighted by Crippen LogP contribution is 2.40. The van der Waals surface area contributed by atoms with Gasteiger partial charge in [-0.2, -0.15) is 0 Å². The molecule has 0 atom stereocenters. The molecule has 0 saturated heterocycles. The van der Waals surface area contributed by atoms with Crippen molar-refractivity contribution < 1.29 is 27.1 Å². The van der Waals surface area contributed by atoms with Gasteiger partial charge in [-0.15, -0.1) is 11.3 Å². The van der Waals surface area contributed by atoms with Crippen LogP contribution in [0.3, 0.4) is 0 Å². The number of thiophene rings is 1. The van der Waals surface area contributed by atoms with E-state index in [1.165, 1.54) is 39.1 Å². The van der Waals surface area contributed by atoms with E-state index >= 15 is 0 Å². The zero-order valence-electron chi connectivity index (χ0n) is 18.0. The van der Waals surface area contributed by atoms with Gasteiger partial charge in [-0.05, 0) is 43.7 Å². The van der Waals surface area contributed by atoms with Gasteiger partial charge in [0.15, 0.2) is 9.84 Å². The number of benzene rings is 1. The van der Waals surface area contributed by atoms with Crippen LogP contribution in [0.2, 0.25) is 0 Å². The van der Waals surface area contributed by atoms with Gasteiger partial charge in [-0.25, -0.2) is 27.2 Å². The molecule has 0 saturated carbocycles. The Morgan fingerprint density at radius 2 is 1.88 bits per heavy atom. The Labute approximate surface area is 193 Å². The van der Waals surface area contributed by atoms with Crippen LogP contribution in [0, 0.1) is 11.6 Å². The second kappa shape index (κ2) is 9.12. The smallest absolute Gasteiger partial charge is 0.251 e. The number of aromatic nitrogens is 2. The Hall–Kier alpha value is -2.96. The van der Waals surface area contributed by atoms with E-state index in [4.69, 9.17) is 5.73 Å². The molecule has 0 bridgehead atoms. The van der Waals surface area contributed by atoms with Crippen LogP contribution in [0.25, 0.3) is 10.4 Å². The molecule has 0 aliphatic carbocycles. The molecule has 176 valence electrons. The van der Waals surface area contributed by atoms with Crippen LogP contribution in [0.5, 0.6) is 0 Å². The topological polar surface area (TPSA) is 135 Å². The number of anilines is 2. The summed E-state index contributed by atoms with van der Waals surface area (Å²) in [6, 6.07) is 4.76. The molecule has 0 fully saturated rings. The van der Waals surface area contributed by atoms with Crippen LogP contribution in [0.1, 0.15) is 42.5 Å². The highest BCUT2D eigenvalue weighted by atomic mass is 32.2. The van der Waals surface area contributed by atoms with E-state index in [2.05, 4.69) is 15.3 Å². The molecule has 4 N–H and O–H groups in total. The number of amides is 1. The third-order valence-electron chi connectivity index (χ3n) is 4.73. The first kappa shape index (κ1) is 24.7. The van der Waals surface area contributed by atoms with Crippen LogP contribution >= 0.6 is 11.3 Å². The molecule has 0 aliphatic heterocycles. The van der Waals surface area contributed by atoms with Gasteiger partial charge in [-0.1, -0.05) is 6.92 Å². The van der Waals surface area contributed by atoms with E-state index in [1.54, 1.807) is 0 Å². The zero-order chi connectivity index (χ0) is 24.6. The predicted octanol–water partition coefficient (Wildman–Crippen LogP) is 3.49. The number of aliphatic hydroxyl groups is 1. The van der Waals surface area contributed by atoms with Crippen molar-refractivity contribution in [2.24, 2.45) is 5.73 Å². The molecule has 2 aromatic heterocycles. The molecular formula is C21H22F2N4O4S2. The van der Waals surface area contributed by atoms with E-state index in [0.29, 0.717) is 0 Å². The molecule has 3 rings (SSSR count). The lowest BCUT2D eigenvalue weighted by atomic mass is 9.96. The number of hydrogen-bond donors (Lipinski definition) is 3. The Bertz CT molecular complexity index is 1300. The summed E-state index contributed by atoms with van der Waals surface area (Å²) in [5.41, 5.74) is 3.65. The molecule has 0 spiro atoms. The van der Waals surface area contributed by atoms with Crippen molar-refractivity contribution in [1.82, 2.24) is 9.97 Å². The van der Waals surface area contributed by atoms with E-state index in [9.17, 15) is 27.1 Å². The van der Waals surface area contributed by atoms with Crippen molar-refractivity contribution in [3.05, 3.63) is 59.0 Å². The van der Waals surface area contributed by atoms with E-state index < -0.39 is 33.0 Å². The number of primary amides is 1. The quantitative estimate of drug-likeness (QED) is 0.434. The number of carbonyl (C=O) groups excluding carboxylic acids is 1. The molecule has 3 aromatic rings. The normalized spacial score (nSPS) is 12.1. The maximum atomic E-state index is 14.8. The van der Waals surface area contributed by atoms with Crippen molar-refractivity contribution in [3.63, 3.8) is 0 Å². The van der Waals surface area contributed by atoms with Gasteiger partial charge in [0, 0.05) is 16.8 Å². The third kappa shape index (κ3) is 5.70. The number of nitrogens with two attached hydrogens (primary N) is 1. The van der Waals surface area contributed by atoms with Crippen molar-refractivity contribution in [2.45, 2.75) is 32.1 Å². The van der Waals surface area contributed by atoms with Crippen LogP contribution < -0.4 is 11.1 Å². The molecule has 0 radical (unpaired) electrons. The minimum atomic E-state index is -3.36. The first-order valence-electron chi connectivity index (χ1n) is 9.76. The van der Waals surface area contributed by atoms with Gasteiger partial charge >= 0.3 is 0 Å². The molecule has 0 unspecified atom stereocenters. The molecule has 1 aromatic carbocycles. The average molecular weight is 497 g/mol. The molecule has 33 heavy (non-hydrogen) atoms. The van der Waals surface area contributed by atoms with Crippen LogP contribution in [-0.2, 0) is 21.2 Å². The van der Waals surface area contributed by atoms with Crippen LogP contribution in [0.15, 0.2) is 30.5 Å². The highest BCUT2D eigenvalue weighted by molar-refractivity contribution is 7.90. The maximum Gasteiger partial charge on any atom is 0.251 e. The van der Waals surface area contributed by atoms with Gasteiger partial charge in [0.2, 0.25) is 0 Å². The lowest BCUT2D eigenvalue weighted by Crippen LogP contribution is -2.16. The van der Waals surface area contributed by atoms with Crippen molar-refractivity contribution >= 4 is 37.9 Å². The summed E-state index contributed by atoms with van der Waals surface area (Å²) in [6.07, 6.45) is 1.35. The lowest BCUT2D eigenvalue weighted by molar-refractivity contribution is 0.0778. The van der Waals surface area contributed by atoms with Crippen molar-refractivity contribution in [2.75, 3.05) is 11.1 Å². The van der Waals surface area contributed by atoms with Gasteiger partial charge in [0.25, 0.3) is 5.91 Å². The first-order valence-corrected chi connectivity index (χ1v) is 12.4. The SMILES string of the molecule is CCS(=O)(=O)Cc1nccc(Nc2sc(-c3c(F)cc(C(C)(C)O)cc3F)cc2C(N)=O)n1. The summed E-state index contributed by atoms with van der Waals surface area (Å²) in [6.45, 7) is 4.32. The van der Waals surface area contributed by atoms with Crippen LogP contribution in [-0.4, -0.2) is 35.2 Å². The van der Waals surface area contributed by atoms with Crippen molar-refractivity contribution in [1.29, 1.82) is 0 Å². The van der Waals surface area contributed by atoms with E-state index in [0.717, 1.165) is 23.5 Å². The fourth-order valence-electron chi connectivity index (χ4n) is 2.91. The van der Waals surface area contributed by atoms with Gasteiger partial charge < -0.3 is 16.2 Å². The molecule has 2 heterocycles. The zero-order valence-corrected chi connectivity index (χ0v) is 19.7. The minimum absolute atomic E-state index is 0.0262. The lowest BCUT2D eigenvalue weighted by Gasteiger charge is -2.18. The summed E-state index contributed by atoms with van der Waals surface area (Å²) >= 11 is 0.868. The Balaban J connectivity index is 2.01. The number of halogens is 2. The molecular weight excluding hydrogens is 474 g/mol. The second-order valence-electron chi connectivity index (χ2n) is 7.75. The molecule has 0 aliphatic rings. The third-order valence-corrected chi connectivity index (χ3v) is 7.37. The van der Waals surface area contributed by atoms with Gasteiger partial charge in [0.1, 0.15) is 34.0 Å². The summed E-state index contributed by atoms with van der Waals surface area (Å²) in [5, 5.41) is 13.1. The number of sulfone groups is 1. The molecule has 12 heteroatoms. The van der Waals surface area contributed by atoms with Gasteiger partial charge in [0.05, 0.1) is 16.7 Å². The summed E-state index contributed by atoms with van der Waals surface area (Å²) in [7, 11) is -3.36. The van der Waals surface area contributed by atoms with Crippen molar-refractivity contribution in [3.8, 4) is 10.4 Å². The number of nitrogens with one attached hydrogen (secondary N) is 1. The van der Waals surface area contributed by atoms with E-state index in [1.807, 2.05) is 0 Å². The predicted molar refractivity (Wildman–Crippen MR) is 122 cm³/mol. The molecule has 8 nitrogen and oxygen atoms in total. The average Bonchev–Trinajstić information content (AvgIpc) is 3.10. The summed E-state index contributed by atoms with van der Waals surface area (Å²) < 4.78 is 53.3. The summed E-state index contributed by atoms with van der Waals surface area (Å²) in [4.78, 5) is 20.1. The standard InChI is InChI=1S/C21H22F2N4O4S2/c1-4-33(30,31)10-17-25-6-5-16(26-17)27-20-12(19(24)28)9-15(32-20)18-13(22)7-11(8-14(18)23)21(2,3)29/h5-9,29H,4,10H2,1-3H3,(H2,24,28)(H,25,26,27). The summed E-state index contributed by atoms with van der Waals surface area (Å²) in [5.74, 6) is -2.86. The van der Waals surface area contributed by atoms with Gasteiger partial charge in [-0.3, -0.25) is 4.79 Å². The Morgan fingerprint density at radius 1 is 1.24 bits per heavy atom. The number of hydrogen-bond acceptors (Lipinski definition) is 8. The highest BCUT2D eigenvalue weighted by Gasteiger charge is 2.24. The first-order chi connectivity index (χ1) is 15.3. The maximum absolute atomic E-state index is 14.8. The Kier molecular flexibility index (Phi) is 6.82. The molecule has 1 amide bonds. The van der Waals surface area contributed by atoms with E-state index in [-0.39, 0.29) is 49.7 Å². The fourth-order valence-corrected chi connectivity index (χ4v) is 4.76. The monoisotopic (exact) mass is 496 g/mol. The number of rotatable bonds is 8. The number of carbonyl (C=O) groups is 1. The number of nitrogens with zero attached hydrogens (tertiary/aromatic N) is 2. The Morgan fingerprint density at radius 3 is 2.42 bits per heavy atom. The van der Waals surface area contributed by atoms with Crippen LogP contribution in [0.4, 0.5) is 19.6 Å². The minimum Gasteiger partial charge on any atom is -0.386 e. The second-order valence-corrected chi connectivity index (χ2v) is 11.2. The fraction of sp³-hybridized carbons (Fsp3) is 0.286.